The Labute approximate surface area is 166 Å². The lowest BCUT2D eigenvalue weighted by Crippen LogP contribution is -2.42. The number of sulfone groups is 1. The first-order valence-electron chi connectivity index (χ1n) is 8.39. The molecule has 0 saturated heterocycles. The van der Waals surface area contributed by atoms with Gasteiger partial charge in [-0.2, -0.15) is 0 Å². The van der Waals surface area contributed by atoms with Crippen molar-refractivity contribution in [2.75, 3.05) is 6.54 Å². The van der Waals surface area contributed by atoms with Crippen molar-refractivity contribution >= 4 is 33.0 Å². The highest BCUT2D eigenvalue weighted by molar-refractivity contribution is 7.93. The van der Waals surface area contributed by atoms with Gasteiger partial charge in [-0.1, -0.05) is 36.4 Å². The van der Waals surface area contributed by atoms with E-state index in [1.165, 1.54) is 18.4 Å². The van der Waals surface area contributed by atoms with E-state index in [0.29, 0.717) is 0 Å². The van der Waals surface area contributed by atoms with Crippen LogP contribution in [0.4, 0.5) is 0 Å². The highest BCUT2D eigenvalue weighted by Gasteiger charge is 2.33. The van der Waals surface area contributed by atoms with E-state index in [1.807, 2.05) is 30.3 Å². The Balaban J connectivity index is 1.65. The number of carbonyl (C=O) groups is 2. The second kappa shape index (κ2) is 8.85. The quantitative estimate of drug-likeness (QED) is 0.573. The van der Waals surface area contributed by atoms with Gasteiger partial charge in [0.25, 0.3) is 0 Å². The SMILES string of the molecule is O=C(NCc1ccccc1)C(=O)NCC(c1ccco1)S(=O)(=O)c1cccs1. The fourth-order valence-electron chi connectivity index (χ4n) is 2.53. The Kier molecular flexibility index (Phi) is 6.27. The van der Waals surface area contributed by atoms with Gasteiger partial charge in [0.2, 0.25) is 0 Å². The Bertz CT molecular complexity index is 1010. The summed E-state index contributed by atoms with van der Waals surface area (Å²) < 4.78 is 31.2. The zero-order valence-electron chi connectivity index (χ0n) is 14.7. The molecule has 146 valence electrons. The van der Waals surface area contributed by atoms with E-state index in [9.17, 15) is 18.0 Å². The van der Waals surface area contributed by atoms with E-state index in [2.05, 4.69) is 10.6 Å². The summed E-state index contributed by atoms with van der Waals surface area (Å²) >= 11 is 1.08. The number of nitrogens with one attached hydrogen (secondary N) is 2. The van der Waals surface area contributed by atoms with Gasteiger partial charge in [-0.3, -0.25) is 9.59 Å². The number of hydrogen-bond donors (Lipinski definition) is 2. The van der Waals surface area contributed by atoms with Gasteiger partial charge >= 0.3 is 11.8 Å². The maximum Gasteiger partial charge on any atom is 0.309 e. The molecule has 0 radical (unpaired) electrons. The fraction of sp³-hybridized carbons (Fsp3) is 0.158. The Hall–Kier alpha value is -2.91. The standard InChI is InChI=1S/C19H18N2O5S2/c22-18(20-12-14-6-2-1-3-7-14)19(23)21-13-16(15-8-4-10-26-15)28(24,25)17-9-5-11-27-17/h1-11,16H,12-13H2,(H,20,22)(H,21,23). The third-order valence-corrected chi connectivity index (χ3v) is 7.45. The summed E-state index contributed by atoms with van der Waals surface area (Å²) in [6.07, 6.45) is 1.36. The lowest BCUT2D eigenvalue weighted by Gasteiger charge is -2.15. The Morgan fingerprint density at radius 1 is 0.964 bits per heavy atom. The normalized spacial score (nSPS) is 12.3. The Morgan fingerprint density at radius 3 is 2.36 bits per heavy atom. The molecular formula is C19H18N2O5S2. The van der Waals surface area contributed by atoms with Gasteiger partial charge in [-0.25, -0.2) is 8.42 Å². The summed E-state index contributed by atoms with van der Waals surface area (Å²) in [4.78, 5) is 24.1. The maximum atomic E-state index is 12.9. The minimum Gasteiger partial charge on any atom is -0.468 e. The molecule has 2 heterocycles. The first-order chi connectivity index (χ1) is 13.5. The minimum atomic E-state index is -3.78. The summed E-state index contributed by atoms with van der Waals surface area (Å²) in [5, 5.41) is 5.41. The Morgan fingerprint density at radius 2 is 1.71 bits per heavy atom. The predicted molar refractivity (Wildman–Crippen MR) is 104 cm³/mol. The molecule has 1 aromatic carbocycles. The molecule has 1 atom stereocenters. The van der Waals surface area contributed by atoms with Crippen molar-refractivity contribution in [2.45, 2.75) is 16.0 Å². The monoisotopic (exact) mass is 418 g/mol. The smallest absolute Gasteiger partial charge is 0.309 e. The van der Waals surface area contributed by atoms with Gasteiger partial charge < -0.3 is 15.1 Å². The topological polar surface area (TPSA) is 105 Å². The number of hydrogen-bond acceptors (Lipinski definition) is 6. The molecule has 1 unspecified atom stereocenters. The van der Waals surface area contributed by atoms with Crippen molar-refractivity contribution in [1.82, 2.24) is 10.6 Å². The molecule has 7 nitrogen and oxygen atoms in total. The van der Waals surface area contributed by atoms with Crippen LogP contribution in [0.5, 0.6) is 0 Å². The number of benzene rings is 1. The second-order valence-corrected chi connectivity index (χ2v) is 9.16. The van der Waals surface area contributed by atoms with Crippen molar-refractivity contribution in [1.29, 1.82) is 0 Å². The van der Waals surface area contributed by atoms with Gasteiger partial charge in [0, 0.05) is 13.1 Å². The van der Waals surface area contributed by atoms with Gasteiger partial charge in [-0.05, 0) is 29.1 Å². The maximum absolute atomic E-state index is 12.9. The molecule has 2 aromatic heterocycles. The molecule has 0 spiro atoms. The zero-order chi connectivity index (χ0) is 20.0. The summed E-state index contributed by atoms with van der Waals surface area (Å²) in [7, 11) is -3.78. The number of carbonyl (C=O) groups excluding carboxylic acids is 2. The van der Waals surface area contributed by atoms with Crippen LogP contribution in [-0.4, -0.2) is 26.8 Å². The highest BCUT2D eigenvalue weighted by Crippen LogP contribution is 2.31. The van der Waals surface area contributed by atoms with E-state index < -0.39 is 26.9 Å². The second-order valence-electron chi connectivity index (χ2n) is 5.86. The third-order valence-electron chi connectivity index (χ3n) is 3.96. The third kappa shape index (κ3) is 4.68. The van der Waals surface area contributed by atoms with Gasteiger partial charge in [-0.15, -0.1) is 11.3 Å². The van der Waals surface area contributed by atoms with E-state index in [4.69, 9.17) is 4.42 Å². The van der Waals surface area contributed by atoms with Crippen molar-refractivity contribution in [2.24, 2.45) is 0 Å². The van der Waals surface area contributed by atoms with Crippen LogP contribution in [0, 0.1) is 0 Å². The van der Waals surface area contributed by atoms with Crippen LogP contribution in [-0.2, 0) is 26.0 Å². The molecule has 2 N–H and O–H groups in total. The number of furan rings is 1. The molecule has 0 aliphatic rings. The highest BCUT2D eigenvalue weighted by atomic mass is 32.2. The van der Waals surface area contributed by atoms with Crippen LogP contribution in [0.3, 0.4) is 0 Å². The summed E-state index contributed by atoms with van der Waals surface area (Å²) in [6, 6.07) is 15.4. The first kappa shape index (κ1) is 19.8. The van der Waals surface area contributed by atoms with E-state index in [1.54, 1.807) is 17.5 Å². The van der Waals surface area contributed by atoms with Crippen molar-refractivity contribution < 1.29 is 22.4 Å². The van der Waals surface area contributed by atoms with Gasteiger partial charge in [0.05, 0.1) is 6.26 Å². The van der Waals surface area contributed by atoms with Crippen molar-refractivity contribution in [3.63, 3.8) is 0 Å². The molecule has 0 saturated carbocycles. The van der Waals surface area contributed by atoms with Crippen LogP contribution in [0.25, 0.3) is 0 Å². The fourth-order valence-corrected chi connectivity index (χ4v) is 5.32. The molecule has 3 rings (SSSR count). The minimum absolute atomic E-state index is 0.164. The number of amides is 2. The molecule has 3 aromatic rings. The van der Waals surface area contributed by atoms with Crippen LogP contribution >= 0.6 is 11.3 Å². The zero-order valence-corrected chi connectivity index (χ0v) is 16.3. The predicted octanol–water partition coefficient (Wildman–Crippen LogP) is 2.29. The van der Waals surface area contributed by atoms with Crippen LogP contribution in [0.1, 0.15) is 16.6 Å². The number of thiophene rings is 1. The first-order valence-corrected chi connectivity index (χ1v) is 10.8. The molecule has 0 bridgehead atoms. The van der Waals surface area contributed by atoms with E-state index in [0.717, 1.165) is 16.9 Å². The van der Waals surface area contributed by atoms with Crippen LogP contribution < -0.4 is 10.6 Å². The molecular weight excluding hydrogens is 400 g/mol. The van der Waals surface area contributed by atoms with Crippen molar-refractivity contribution in [3.05, 3.63) is 77.6 Å². The lowest BCUT2D eigenvalue weighted by atomic mass is 10.2. The van der Waals surface area contributed by atoms with Crippen LogP contribution in [0.15, 0.2) is 74.9 Å². The molecule has 0 fully saturated rings. The van der Waals surface area contributed by atoms with Gasteiger partial charge in [0.1, 0.15) is 15.2 Å². The average molecular weight is 418 g/mol. The summed E-state index contributed by atoms with van der Waals surface area (Å²) in [6.45, 7) is -0.0897. The largest absolute Gasteiger partial charge is 0.468 e. The van der Waals surface area contributed by atoms with Gasteiger partial charge in [0.15, 0.2) is 9.84 Å². The molecule has 2 amide bonds. The average Bonchev–Trinajstić information content (AvgIpc) is 3.41. The molecule has 0 aliphatic carbocycles. The van der Waals surface area contributed by atoms with E-state index in [-0.39, 0.29) is 23.1 Å². The summed E-state index contributed by atoms with van der Waals surface area (Å²) in [5.41, 5.74) is 0.845. The molecule has 0 aliphatic heterocycles. The molecule has 9 heteroatoms. The summed E-state index contributed by atoms with van der Waals surface area (Å²) in [5.74, 6) is -1.55. The molecule has 28 heavy (non-hydrogen) atoms. The van der Waals surface area contributed by atoms with E-state index >= 15 is 0 Å². The van der Waals surface area contributed by atoms with Crippen LogP contribution in [0.2, 0.25) is 0 Å². The van der Waals surface area contributed by atoms with Crippen molar-refractivity contribution in [3.8, 4) is 0 Å². The number of rotatable bonds is 7. The lowest BCUT2D eigenvalue weighted by molar-refractivity contribution is -0.139.